The van der Waals surface area contributed by atoms with Crippen LogP contribution in [0.3, 0.4) is 0 Å². The van der Waals surface area contributed by atoms with Gasteiger partial charge in [0.2, 0.25) is 5.91 Å². The van der Waals surface area contributed by atoms with Crippen molar-refractivity contribution in [1.29, 1.82) is 0 Å². The van der Waals surface area contributed by atoms with E-state index in [1.165, 1.54) is 0 Å². The van der Waals surface area contributed by atoms with Gasteiger partial charge in [-0.05, 0) is 30.5 Å². The van der Waals surface area contributed by atoms with E-state index in [0.29, 0.717) is 6.54 Å². The van der Waals surface area contributed by atoms with Gasteiger partial charge in [-0.1, -0.05) is 41.7 Å². The maximum atomic E-state index is 12.6. The van der Waals surface area contributed by atoms with Crippen LogP contribution in [0.2, 0.25) is 0 Å². The molecule has 1 aliphatic heterocycles. The largest absolute Gasteiger partial charge is 0.352 e. The highest BCUT2D eigenvalue weighted by molar-refractivity contribution is 7.21. The summed E-state index contributed by atoms with van der Waals surface area (Å²) < 4.78 is 0. The first kappa shape index (κ1) is 16.0. The van der Waals surface area contributed by atoms with Crippen molar-refractivity contribution in [2.75, 3.05) is 18.0 Å². The molecule has 0 radical (unpaired) electrons. The zero-order valence-electron chi connectivity index (χ0n) is 13.9. The lowest BCUT2D eigenvalue weighted by Gasteiger charge is -2.31. The quantitative estimate of drug-likeness (QED) is 0.783. The number of thiazole rings is 1. The van der Waals surface area contributed by atoms with Crippen molar-refractivity contribution >= 4 is 32.7 Å². The molecule has 0 aliphatic carbocycles. The number of pyridine rings is 1. The number of nitrogens with one attached hydrogen (secondary N) is 1. The van der Waals surface area contributed by atoms with E-state index in [-0.39, 0.29) is 11.8 Å². The lowest BCUT2D eigenvalue weighted by atomic mass is 9.97. The minimum Gasteiger partial charge on any atom is -0.352 e. The molecule has 1 amide bonds. The second-order valence-corrected chi connectivity index (χ2v) is 7.27. The Morgan fingerprint density at radius 2 is 2.12 bits per heavy atom. The highest BCUT2D eigenvalue weighted by Gasteiger charge is 2.27. The summed E-state index contributed by atoms with van der Waals surface area (Å²) in [6.45, 7) is 2.25. The third kappa shape index (κ3) is 3.64. The summed E-state index contributed by atoms with van der Waals surface area (Å²) in [7, 11) is 0. The number of hydrogen-bond acceptors (Lipinski definition) is 5. The number of piperidine rings is 1. The molecule has 0 spiro atoms. The predicted molar refractivity (Wildman–Crippen MR) is 101 cm³/mol. The monoisotopic (exact) mass is 352 g/mol. The summed E-state index contributed by atoms with van der Waals surface area (Å²) >= 11 is 1.60. The summed E-state index contributed by atoms with van der Waals surface area (Å²) in [4.78, 5) is 24.8. The van der Waals surface area contributed by atoms with Gasteiger partial charge >= 0.3 is 0 Å². The number of carbonyl (C=O) groups is 1. The summed E-state index contributed by atoms with van der Waals surface area (Å²) in [5, 5.41) is 4.04. The van der Waals surface area contributed by atoms with Crippen molar-refractivity contribution in [3.05, 3.63) is 54.2 Å². The van der Waals surface area contributed by atoms with Gasteiger partial charge in [-0.2, -0.15) is 0 Å². The molecular weight excluding hydrogens is 332 g/mol. The molecule has 4 rings (SSSR count). The zero-order chi connectivity index (χ0) is 17.1. The molecule has 0 bridgehead atoms. The van der Waals surface area contributed by atoms with Crippen LogP contribution >= 0.6 is 11.3 Å². The fraction of sp³-hybridized carbons (Fsp3) is 0.316. The van der Waals surface area contributed by atoms with Crippen LogP contribution in [0.25, 0.3) is 10.3 Å². The van der Waals surface area contributed by atoms with Crippen LogP contribution in [0.5, 0.6) is 0 Å². The Morgan fingerprint density at radius 1 is 1.24 bits per heavy atom. The van der Waals surface area contributed by atoms with Crippen molar-refractivity contribution in [2.24, 2.45) is 5.92 Å². The van der Waals surface area contributed by atoms with Crippen LogP contribution in [-0.2, 0) is 11.3 Å². The van der Waals surface area contributed by atoms with E-state index in [9.17, 15) is 4.79 Å². The Bertz CT molecular complexity index is 831. The van der Waals surface area contributed by atoms with Crippen LogP contribution in [0.1, 0.15) is 18.4 Å². The second kappa shape index (κ2) is 7.19. The number of nitrogens with zero attached hydrogens (tertiary/aromatic N) is 3. The first-order chi connectivity index (χ1) is 12.3. The third-order valence-corrected chi connectivity index (χ3v) is 5.57. The molecule has 0 saturated carbocycles. The highest BCUT2D eigenvalue weighted by Crippen LogP contribution is 2.30. The van der Waals surface area contributed by atoms with E-state index in [4.69, 9.17) is 0 Å². The number of benzene rings is 1. The van der Waals surface area contributed by atoms with Crippen LogP contribution in [-0.4, -0.2) is 29.0 Å². The molecule has 1 fully saturated rings. The molecule has 1 saturated heterocycles. The van der Waals surface area contributed by atoms with Crippen LogP contribution < -0.4 is 10.2 Å². The SMILES string of the molecule is O=C(NCc1ccccc1)C1CCCN(c2nc3cccnc3s2)C1. The van der Waals surface area contributed by atoms with Crippen LogP contribution in [0.15, 0.2) is 48.7 Å². The average molecular weight is 352 g/mol. The highest BCUT2D eigenvalue weighted by atomic mass is 32.1. The van der Waals surface area contributed by atoms with Gasteiger partial charge in [-0.15, -0.1) is 0 Å². The Hall–Kier alpha value is -2.47. The van der Waals surface area contributed by atoms with Gasteiger partial charge in [0.05, 0.1) is 5.92 Å². The molecule has 3 heterocycles. The number of amides is 1. The Morgan fingerprint density at radius 3 is 2.96 bits per heavy atom. The average Bonchev–Trinajstić information content (AvgIpc) is 3.11. The first-order valence-corrected chi connectivity index (χ1v) is 9.39. The molecule has 3 aromatic rings. The topological polar surface area (TPSA) is 58.1 Å². The van der Waals surface area contributed by atoms with E-state index in [1.807, 2.05) is 42.5 Å². The molecule has 2 aromatic heterocycles. The lowest BCUT2D eigenvalue weighted by molar-refractivity contribution is -0.125. The maximum Gasteiger partial charge on any atom is 0.225 e. The van der Waals surface area contributed by atoms with Gasteiger partial charge in [0, 0.05) is 25.8 Å². The summed E-state index contributed by atoms with van der Waals surface area (Å²) in [5.41, 5.74) is 2.05. The number of carbonyl (C=O) groups excluding carboxylic acids is 1. The van der Waals surface area contributed by atoms with Crippen molar-refractivity contribution in [3.8, 4) is 0 Å². The predicted octanol–water partition coefficient (Wildman–Crippen LogP) is 3.22. The van der Waals surface area contributed by atoms with E-state index < -0.39 is 0 Å². The molecular formula is C19H20N4OS. The van der Waals surface area contributed by atoms with Crippen molar-refractivity contribution in [3.63, 3.8) is 0 Å². The van der Waals surface area contributed by atoms with Crippen molar-refractivity contribution in [2.45, 2.75) is 19.4 Å². The normalized spacial score (nSPS) is 17.6. The molecule has 5 nitrogen and oxygen atoms in total. The fourth-order valence-corrected chi connectivity index (χ4v) is 4.13. The fourth-order valence-electron chi connectivity index (χ4n) is 3.19. The summed E-state index contributed by atoms with van der Waals surface area (Å²) in [6, 6.07) is 13.9. The van der Waals surface area contributed by atoms with E-state index >= 15 is 0 Å². The first-order valence-electron chi connectivity index (χ1n) is 8.58. The smallest absolute Gasteiger partial charge is 0.225 e. The van der Waals surface area contributed by atoms with Gasteiger partial charge < -0.3 is 10.2 Å². The van der Waals surface area contributed by atoms with Gasteiger partial charge in [0.1, 0.15) is 10.3 Å². The van der Waals surface area contributed by atoms with Crippen molar-refractivity contribution in [1.82, 2.24) is 15.3 Å². The Labute approximate surface area is 150 Å². The maximum absolute atomic E-state index is 12.6. The van der Waals surface area contributed by atoms with Gasteiger partial charge in [-0.25, -0.2) is 9.97 Å². The molecule has 1 aromatic carbocycles. The second-order valence-electron chi connectivity index (χ2n) is 6.31. The standard InChI is InChI=1S/C19H20N4OS/c24-17(21-12-14-6-2-1-3-7-14)15-8-5-11-23(13-15)19-22-16-9-4-10-20-18(16)25-19/h1-4,6-7,9-10,15H,5,8,11-13H2,(H,21,24). The van der Waals surface area contributed by atoms with E-state index in [0.717, 1.165) is 47.0 Å². The molecule has 128 valence electrons. The summed E-state index contributed by atoms with van der Waals surface area (Å²) in [5.74, 6) is 0.144. The molecule has 1 N–H and O–H groups in total. The number of fused-ring (bicyclic) bond motifs is 1. The van der Waals surface area contributed by atoms with E-state index in [1.54, 1.807) is 17.5 Å². The van der Waals surface area contributed by atoms with Gasteiger partial charge in [-0.3, -0.25) is 4.79 Å². The number of aromatic nitrogens is 2. The van der Waals surface area contributed by atoms with Crippen LogP contribution in [0, 0.1) is 5.92 Å². The number of rotatable bonds is 4. The van der Waals surface area contributed by atoms with E-state index in [2.05, 4.69) is 20.2 Å². The Kier molecular flexibility index (Phi) is 4.61. The van der Waals surface area contributed by atoms with Gasteiger partial charge in [0.25, 0.3) is 0 Å². The molecule has 1 unspecified atom stereocenters. The molecule has 1 aliphatic rings. The van der Waals surface area contributed by atoms with Crippen molar-refractivity contribution < 1.29 is 4.79 Å². The molecule has 1 atom stereocenters. The molecule has 25 heavy (non-hydrogen) atoms. The van der Waals surface area contributed by atoms with Crippen LogP contribution in [0.4, 0.5) is 5.13 Å². The third-order valence-electron chi connectivity index (χ3n) is 4.53. The van der Waals surface area contributed by atoms with Gasteiger partial charge in [0.15, 0.2) is 5.13 Å². The number of hydrogen-bond donors (Lipinski definition) is 1. The minimum atomic E-state index is 0.0115. The Balaban J connectivity index is 1.41. The minimum absolute atomic E-state index is 0.0115. The number of anilines is 1. The zero-order valence-corrected chi connectivity index (χ0v) is 14.7. The molecule has 6 heteroatoms. The summed E-state index contributed by atoms with van der Waals surface area (Å²) in [6.07, 6.45) is 3.73. The lowest BCUT2D eigenvalue weighted by Crippen LogP contribution is -2.42.